The summed E-state index contributed by atoms with van der Waals surface area (Å²) in [6, 6.07) is 15.1. The number of ether oxygens (including phenoxy) is 2. The largest absolute Gasteiger partial charge is 0.493 e. The molecule has 3 nitrogen and oxygen atoms in total. The Kier molecular flexibility index (Phi) is 4.54. The van der Waals surface area contributed by atoms with Crippen LogP contribution in [0.1, 0.15) is 22.3 Å². The van der Waals surface area contributed by atoms with Crippen molar-refractivity contribution < 1.29 is 9.47 Å². The Morgan fingerprint density at radius 3 is 2.59 bits per heavy atom. The fraction of sp³-hybridized carbons (Fsp3) is 0.304. The van der Waals surface area contributed by atoms with Crippen LogP contribution >= 0.6 is 15.9 Å². The van der Waals surface area contributed by atoms with Crippen LogP contribution < -0.4 is 14.8 Å². The van der Waals surface area contributed by atoms with Gasteiger partial charge in [-0.05, 0) is 45.2 Å². The summed E-state index contributed by atoms with van der Waals surface area (Å²) in [4.78, 5) is 0. The Bertz CT molecular complexity index is 974. The van der Waals surface area contributed by atoms with Gasteiger partial charge in [-0.2, -0.15) is 0 Å². The van der Waals surface area contributed by atoms with Crippen LogP contribution in [0.15, 0.2) is 46.9 Å². The minimum Gasteiger partial charge on any atom is -0.493 e. The van der Waals surface area contributed by atoms with Crippen LogP contribution in [0.3, 0.4) is 0 Å². The van der Waals surface area contributed by atoms with Crippen molar-refractivity contribution in [3.8, 4) is 11.5 Å². The van der Waals surface area contributed by atoms with Crippen molar-refractivity contribution in [1.82, 2.24) is 5.32 Å². The van der Waals surface area contributed by atoms with Crippen molar-refractivity contribution >= 4 is 26.7 Å². The molecular weight excluding hydrogens is 402 g/mol. The third kappa shape index (κ3) is 3.01. The molecule has 0 unspecified atom stereocenters. The van der Waals surface area contributed by atoms with Gasteiger partial charge in [-0.3, -0.25) is 0 Å². The van der Waals surface area contributed by atoms with Gasteiger partial charge >= 0.3 is 0 Å². The molecule has 138 valence electrons. The van der Waals surface area contributed by atoms with E-state index >= 15 is 0 Å². The third-order valence-electron chi connectivity index (χ3n) is 5.59. The topological polar surface area (TPSA) is 30.5 Å². The molecule has 0 fully saturated rings. The average molecular weight is 424 g/mol. The van der Waals surface area contributed by atoms with E-state index in [1.165, 1.54) is 33.0 Å². The molecule has 4 heteroatoms. The lowest BCUT2D eigenvalue weighted by Crippen LogP contribution is -2.17. The Morgan fingerprint density at radius 1 is 0.889 bits per heavy atom. The molecule has 0 radical (unpaired) electrons. The smallest absolute Gasteiger partial charge is 0.137 e. The van der Waals surface area contributed by atoms with E-state index in [0.29, 0.717) is 0 Å². The van der Waals surface area contributed by atoms with E-state index in [4.69, 9.17) is 9.47 Å². The lowest BCUT2D eigenvalue weighted by Gasteiger charge is -2.15. The van der Waals surface area contributed by atoms with E-state index < -0.39 is 0 Å². The average Bonchev–Trinajstić information content (AvgIpc) is 3.37. The summed E-state index contributed by atoms with van der Waals surface area (Å²) in [5.41, 5.74) is 5.29. The third-order valence-corrected chi connectivity index (χ3v) is 6.43. The summed E-state index contributed by atoms with van der Waals surface area (Å²) in [5, 5.41) is 6.26. The zero-order valence-electron chi connectivity index (χ0n) is 15.2. The fourth-order valence-electron chi connectivity index (χ4n) is 4.30. The highest BCUT2D eigenvalue weighted by Gasteiger charge is 2.29. The van der Waals surface area contributed by atoms with Gasteiger partial charge < -0.3 is 14.8 Å². The van der Waals surface area contributed by atoms with Crippen LogP contribution in [0.2, 0.25) is 0 Å². The summed E-state index contributed by atoms with van der Waals surface area (Å²) in [7, 11) is 0. The summed E-state index contributed by atoms with van der Waals surface area (Å²) in [6.07, 6.45) is 2.90. The SMILES string of the molecule is Brc1c2c(c(CCNCc3cccc4ccccc34)c3c1OCC3)OCC2. The molecule has 0 saturated carbocycles. The number of fused-ring (bicyclic) bond motifs is 3. The Hall–Kier alpha value is -2.04. The van der Waals surface area contributed by atoms with Gasteiger partial charge in [-0.15, -0.1) is 0 Å². The first-order chi connectivity index (χ1) is 13.3. The highest BCUT2D eigenvalue weighted by molar-refractivity contribution is 9.10. The van der Waals surface area contributed by atoms with Crippen LogP contribution in [-0.4, -0.2) is 19.8 Å². The van der Waals surface area contributed by atoms with Crippen molar-refractivity contribution in [2.24, 2.45) is 0 Å². The van der Waals surface area contributed by atoms with E-state index in [1.54, 1.807) is 0 Å². The number of benzene rings is 3. The van der Waals surface area contributed by atoms with Gasteiger partial charge in [0.15, 0.2) is 0 Å². The highest BCUT2D eigenvalue weighted by atomic mass is 79.9. The molecule has 5 rings (SSSR count). The number of hydrogen-bond acceptors (Lipinski definition) is 3. The summed E-state index contributed by atoms with van der Waals surface area (Å²) < 4.78 is 13.0. The number of rotatable bonds is 5. The van der Waals surface area contributed by atoms with E-state index in [1.807, 2.05) is 0 Å². The molecule has 3 aromatic rings. The predicted octanol–water partition coefficient (Wildman–Crippen LogP) is 4.80. The first-order valence-electron chi connectivity index (χ1n) is 9.62. The van der Waals surface area contributed by atoms with E-state index in [0.717, 1.165) is 61.5 Å². The Balaban J connectivity index is 1.33. The molecule has 0 spiro atoms. The molecule has 2 aliphatic rings. The van der Waals surface area contributed by atoms with Gasteiger partial charge in [-0.25, -0.2) is 0 Å². The van der Waals surface area contributed by atoms with E-state index in [2.05, 4.69) is 63.7 Å². The van der Waals surface area contributed by atoms with Crippen molar-refractivity contribution in [2.75, 3.05) is 19.8 Å². The summed E-state index contributed by atoms with van der Waals surface area (Å²) in [5.74, 6) is 2.14. The van der Waals surface area contributed by atoms with Crippen LogP contribution in [-0.2, 0) is 25.8 Å². The van der Waals surface area contributed by atoms with Crippen molar-refractivity contribution in [2.45, 2.75) is 25.8 Å². The quantitative estimate of drug-likeness (QED) is 0.597. The summed E-state index contributed by atoms with van der Waals surface area (Å²) in [6.45, 7) is 3.34. The molecule has 0 aliphatic carbocycles. The second kappa shape index (κ2) is 7.17. The standard InChI is InChI=1S/C23H22BrNO2/c24-21-20-10-13-26-22(20)18(19-9-12-27-23(19)21)8-11-25-14-16-6-3-5-15-4-1-2-7-17(15)16/h1-7,25H,8-14H2. The fourth-order valence-corrected chi connectivity index (χ4v) is 5.03. The van der Waals surface area contributed by atoms with E-state index in [9.17, 15) is 0 Å². The van der Waals surface area contributed by atoms with Crippen LogP contribution in [0, 0.1) is 0 Å². The molecule has 0 amide bonds. The predicted molar refractivity (Wildman–Crippen MR) is 112 cm³/mol. The first-order valence-corrected chi connectivity index (χ1v) is 10.4. The maximum atomic E-state index is 6.00. The molecular formula is C23H22BrNO2. The number of hydrogen-bond donors (Lipinski definition) is 1. The zero-order chi connectivity index (χ0) is 18.2. The highest BCUT2D eigenvalue weighted by Crippen LogP contribution is 2.47. The normalized spacial score (nSPS) is 14.7. The molecule has 0 saturated heterocycles. The molecule has 0 atom stereocenters. The first kappa shape index (κ1) is 17.1. The van der Waals surface area contributed by atoms with Gasteiger partial charge in [-0.1, -0.05) is 42.5 Å². The second-order valence-corrected chi connectivity index (χ2v) is 7.96. The summed E-state index contributed by atoms with van der Waals surface area (Å²) >= 11 is 3.73. The minimum absolute atomic E-state index is 0.771. The lowest BCUT2D eigenvalue weighted by atomic mass is 9.97. The van der Waals surface area contributed by atoms with Crippen molar-refractivity contribution in [1.29, 1.82) is 0 Å². The zero-order valence-corrected chi connectivity index (χ0v) is 16.8. The molecule has 2 aliphatic heterocycles. The van der Waals surface area contributed by atoms with Crippen LogP contribution in [0.5, 0.6) is 11.5 Å². The van der Waals surface area contributed by atoms with Gasteiger partial charge in [0.1, 0.15) is 11.5 Å². The molecule has 1 N–H and O–H groups in total. The van der Waals surface area contributed by atoms with Crippen molar-refractivity contribution in [3.63, 3.8) is 0 Å². The van der Waals surface area contributed by atoms with E-state index in [-0.39, 0.29) is 0 Å². The molecule has 2 heterocycles. The van der Waals surface area contributed by atoms with Gasteiger partial charge in [0, 0.05) is 36.1 Å². The maximum absolute atomic E-state index is 6.00. The lowest BCUT2D eigenvalue weighted by molar-refractivity contribution is 0.352. The van der Waals surface area contributed by atoms with Gasteiger partial charge in [0.25, 0.3) is 0 Å². The number of nitrogens with one attached hydrogen (secondary N) is 1. The number of halogens is 1. The maximum Gasteiger partial charge on any atom is 0.137 e. The minimum atomic E-state index is 0.771. The van der Waals surface area contributed by atoms with Crippen molar-refractivity contribution in [3.05, 3.63) is 69.2 Å². The molecule has 0 aromatic heterocycles. The monoisotopic (exact) mass is 423 g/mol. The second-order valence-electron chi connectivity index (χ2n) is 7.17. The molecule has 27 heavy (non-hydrogen) atoms. The van der Waals surface area contributed by atoms with Crippen LogP contribution in [0.4, 0.5) is 0 Å². The molecule has 3 aromatic carbocycles. The molecule has 0 bridgehead atoms. The Labute approximate surface area is 167 Å². The Morgan fingerprint density at radius 2 is 1.67 bits per heavy atom. The van der Waals surface area contributed by atoms with Gasteiger partial charge in [0.05, 0.1) is 17.7 Å². The van der Waals surface area contributed by atoms with Gasteiger partial charge in [0.2, 0.25) is 0 Å². The van der Waals surface area contributed by atoms with Crippen LogP contribution in [0.25, 0.3) is 10.8 Å².